The van der Waals surface area contributed by atoms with Crippen LogP contribution in [0.25, 0.3) is 0 Å². The first kappa shape index (κ1) is 12.1. The molecular formula is C10H11BrFNO2. The molecule has 1 atom stereocenters. The molecule has 0 saturated heterocycles. The summed E-state index contributed by atoms with van der Waals surface area (Å²) in [5.74, 6) is -1.13. The van der Waals surface area contributed by atoms with Gasteiger partial charge < -0.3 is 10.4 Å². The number of rotatable bonds is 3. The second kappa shape index (κ2) is 5.23. The minimum Gasteiger partial charge on any atom is -0.392 e. The van der Waals surface area contributed by atoms with E-state index in [0.717, 1.165) is 0 Å². The van der Waals surface area contributed by atoms with Gasteiger partial charge in [-0.2, -0.15) is 0 Å². The van der Waals surface area contributed by atoms with Crippen LogP contribution >= 0.6 is 15.9 Å². The summed E-state index contributed by atoms with van der Waals surface area (Å²) in [5.41, 5.74) is -0.0370. The molecule has 1 rings (SSSR count). The van der Waals surface area contributed by atoms with Crippen LogP contribution in [0.3, 0.4) is 0 Å². The van der Waals surface area contributed by atoms with E-state index in [-0.39, 0.29) is 16.6 Å². The smallest absolute Gasteiger partial charge is 0.254 e. The van der Waals surface area contributed by atoms with Gasteiger partial charge in [0.1, 0.15) is 5.82 Å². The quantitative estimate of drug-likeness (QED) is 0.882. The second-order valence-electron chi connectivity index (χ2n) is 3.16. The molecule has 0 saturated carbocycles. The van der Waals surface area contributed by atoms with Gasteiger partial charge in [0, 0.05) is 6.54 Å². The normalized spacial score (nSPS) is 12.3. The van der Waals surface area contributed by atoms with Gasteiger partial charge in [0.2, 0.25) is 0 Å². The first-order chi connectivity index (χ1) is 7.02. The van der Waals surface area contributed by atoms with Gasteiger partial charge in [-0.05, 0) is 35.0 Å². The minimum atomic E-state index is -0.649. The Hall–Kier alpha value is -0.940. The molecule has 0 aliphatic carbocycles. The summed E-state index contributed by atoms with van der Waals surface area (Å²) in [5, 5.41) is 11.4. The zero-order chi connectivity index (χ0) is 11.4. The number of aliphatic hydroxyl groups is 1. The van der Waals surface area contributed by atoms with Crippen LogP contribution in [0.15, 0.2) is 22.7 Å². The van der Waals surface area contributed by atoms with Crippen molar-refractivity contribution in [2.24, 2.45) is 0 Å². The Morgan fingerprint density at radius 3 is 2.93 bits per heavy atom. The standard InChI is InChI=1S/C10H11BrFNO2/c1-6(14)5-13-10(15)7-3-2-4-8(11)9(7)12/h2-4,6,14H,5H2,1H3,(H,13,15)/t6-/m0/s1. The highest BCUT2D eigenvalue weighted by molar-refractivity contribution is 9.10. The molecule has 1 aromatic rings. The summed E-state index contributed by atoms with van der Waals surface area (Å²) >= 11 is 2.99. The highest BCUT2D eigenvalue weighted by Crippen LogP contribution is 2.18. The van der Waals surface area contributed by atoms with Crippen LogP contribution in [0.2, 0.25) is 0 Å². The van der Waals surface area contributed by atoms with Crippen LogP contribution in [0.4, 0.5) is 4.39 Å². The molecule has 0 spiro atoms. The van der Waals surface area contributed by atoms with Crippen LogP contribution in [-0.2, 0) is 0 Å². The zero-order valence-electron chi connectivity index (χ0n) is 8.13. The summed E-state index contributed by atoms with van der Waals surface area (Å²) in [6.07, 6.45) is -0.649. The summed E-state index contributed by atoms with van der Waals surface area (Å²) in [4.78, 5) is 11.4. The fourth-order valence-corrected chi connectivity index (χ4v) is 1.38. The molecule has 2 N–H and O–H groups in total. The number of benzene rings is 1. The van der Waals surface area contributed by atoms with Crippen LogP contribution in [0.1, 0.15) is 17.3 Å². The number of hydrogen-bond acceptors (Lipinski definition) is 2. The lowest BCUT2D eigenvalue weighted by molar-refractivity contribution is 0.0920. The van der Waals surface area contributed by atoms with E-state index in [9.17, 15) is 9.18 Å². The first-order valence-corrected chi connectivity index (χ1v) is 5.22. The van der Waals surface area contributed by atoms with E-state index in [0.29, 0.717) is 0 Å². The number of carbonyl (C=O) groups is 1. The lowest BCUT2D eigenvalue weighted by Gasteiger charge is -2.08. The van der Waals surface area contributed by atoms with E-state index >= 15 is 0 Å². The van der Waals surface area contributed by atoms with E-state index < -0.39 is 17.8 Å². The van der Waals surface area contributed by atoms with Crippen molar-refractivity contribution in [1.82, 2.24) is 5.32 Å². The van der Waals surface area contributed by atoms with Crippen molar-refractivity contribution in [3.8, 4) is 0 Å². The van der Waals surface area contributed by atoms with Gasteiger partial charge in [-0.25, -0.2) is 4.39 Å². The van der Waals surface area contributed by atoms with Gasteiger partial charge >= 0.3 is 0 Å². The van der Waals surface area contributed by atoms with E-state index in [4.69, 9.17) is 5.11 Å². The van der Waals surface area contributed by atoms with E-state index in [1.807, 2.05) is 0 Å². The maximum absolute atomic E-state index is 13.4. The van der Waals surface area contributed by atoms with E-state index in [1.54, 1.807) is 6.07 Å². The third-order valence-electron chi connectivity index (χ3n) is 1.75. The largest absolute Gasteiger partial charge is 0.392 e. The molecule has 1 aromatic carbocycles. The Kier molecular flexibility index (Phi) is 4.23. The number of nitrogens with one attached hydrogen (secondary N) is 1. The van der Waals surface area contributed by atoms with Crippen LogP contribution < -0.4 is 5.32 Å². The minimum absolute atomic E-state index is 0.0370. The van der Waals surface area contributed by atoms with Crippen molar-refractivity contribution in [1.29, 1.82) is 0 Å². The highest BCUT2D eigenvalue weighted by atomic mass is 79.9. The molecule has 0 heterocycles. The van der Waals surface area contributed by atoms with Crippen LogP contribution in [-0.4, -0.2) is 23.7 Å². The first-order valence-electron chi connectivity index (χ1n) is 4.42. The molecule has 0 radical (unpaired) electrons. The summed E-state index contributed by atoms with van der Waals surface area (Å²) in [6.45, 7) is 1.64. The summed E-state index contributed by atoms with van der Waals surface area (Å²) in [7, 11) is 0. The lowest BCUT2D eigenvalue weighted by atomic mass is 10.2. The molecular weight excluding hydrogens is 265 g/mol. The summed E-state index contributed by atoms with van der Waals surface area (Å²) in [6, 6.07) is 4.47. The molecule has 0 aliphatic heterocycles. The van der Waals surface area contributed by atoms with Gasteiger partial charge in [-0.15, -0.1) is 0 Å². The molecule has 3 nitrogen and oxygen atoms in total. The van der Waals surface area contributed by atoms with Crippen LogP contribution in [0, 0.1) is 5.82 Å². The van der Waals surface area contributed by atoms with E-state index in [1.165, 1.54) is 19.1 Å². The number of aliphatic hydroxyl groups excluding tert-OH is 1. The Balaban J connectivity index is 2.78. The molecule has 1 amide bonds. The van der Waals surface area contributed by atoms with Gasteiger partial charge in [0.15, 0.2) is 0 Å². The fraction of sp³-hybridized carbons (Fsp3) is 0.300. The van der Waals surface area contributed by atoms with Crippen molar-refractivity contribution in [3.05, 3.63) is 34.1 Å². The van der Waals surface area contributed by atoms with Crippen molar-refractivity contribution < 1.29 is 14.3 Å². The van der Waals surface area contributed by atoms with Crippen molar-refractivity contribution in [2.45, 2.75) is 13.0 Å². The highest BCUT2D eigenvalue weighted by Gasteiger charge is 2.13. The Morgan fingerprint density at radius 2 is 2.33 bits per heavy atom. The van der Waals surface area contributed by atoms with Crippen molar-refractivity contribution in [3.63, 3.8) is 0 Å². The van der Waals surface area contributed by atoms with Gasteiger partial charge in [0.25, 0.3) is 5.91 Å². The molecule has 0 fully saturated rings. The average molecular weight is 276 g/mol. The molecule has 0 aromatic heterocycles. The number of carbonyl (C=O) groups excluding carboxylic acids is 1. The SMILES string of the molecule is C[C@H](O)CNC(=O)c1cccc(Br)c1F. The molecule has 15 heavy (non-hydrogen) atoms. The van der Waals surface area contributed by atoms with Crippen molar-refractivity contribution in [2.75, 3.05) is 6.54 Å². The number of hydrogen-bond donors (Lipinski definition) is 2. The fourth-order valence-electron chi connectivity index (χ4n) is 1.01. The zero-order valence-corrected chi connectivity index (χ0v) is 9.71. The van der Waals surface area contributed by atoms with Crippen LogP contribution in [0.5, 0.6) is 0 Å². The topological polar surface area (TPSA) is 49.3 Å². The Labute approximate surface area is 95.4 Å². The third kappa shape index (κ3) is 3.28. The van der Waals surface area contributed by atoms with Gasteiger partial charge in [-0.3, -0.25) is 4.79 Å². The van der Waals surface area contributed by atoms with Crippen molar-refractivity contribution >= 4 is 21.8 Å². The lowest BCUT2D eigenvalue weighted by Crippen LogP contribution is -2.31. The van der Waals surface area contributed by atoms with Gasteiger partial charge in [0.05, 0.1) is 16.1 Å². The molecule has 0 aliphatic rings. The second-order valence-corrected chi connectivity index (χ2v) is 4.01. The third-order valence-corrected chi connectivity index (χ3v) is 2.37. The van der Waals surface area contributed by atoms with E-state index in [2.05, 4.69) is 21.2 Å². The molecule has 5 heteroatoms. The summed E-state index contributed by atoms with van der Waals surface area (Å²) < 4.78 is 13.6. The maximum Gasteiger partial charge on any atom is 0.254 e. The molecule has 82 valence electrons. The average Bonchev–Trinajstić information content (AvgIpc) is 2.18. The maximum atomic E-state index is 13.4. The Bertz CT molecular complexity index is 368. The predicted molar refractivity (Wildman–Crippen MR) is 58.1 cm³/mol. The van der Waals surface area contributed by atoms with Gasteiger partial charge in [-0.1, -0.05) is 6.07 Å². The molecule has 0 unspecified atom stereocenters. The Morgan fingerprint density at radius 1 is 1.67 bits per heavy atom. The number of amides is 1. The predicted octanol–water partition coefficient (Wildman–Crippen LogP) is 1.70. The monoisotopic (exact) mass is 275 g/mol. The number of halogens is 2. The molecule has 0 bridgehead atoms.